The van der Waals surface area contributed by atoms with Crippen LogP contribution in [0, 0.1) is 5.41 Å². The molecule has 2 N–H and O–H groups in total. The Hall–Kier alpha value is -1.58. The third-order valence-electron chi connectivity index (χ3n) is 1.35. The average molecular weight is 228 g/mol. The van der Waals surface area contributed by atoms with Gasteiger partial charge in [-0.15, -0.1) is 0 Å². The Kier molecular flexibility index (Phi) is 7.18. The Labute approximate surface area is 96.3 Å². The van der Waals surface area contributed by atoms with Crippen LogP contribution in [0.2, 0.25) is 0 Å². The maximum Gasteiger partial charge on any atom is 0.330 e. The highest BCUT2D eigenvalue weighted by atomic mass is 16.4. The van der Waals surface area contributed by atoms with Crippen molar-refractivity contribution in [3.8, 4) is 0 Å². The maximum absolute atomic E-state index is 10.3. The summed E-state index contributed by atoms with van der Waals surface area (Å²) in [6.07, 6.45) is 1.75. The van der Waals surface area contributed by atoms with Gasteiger partial charge in [-0.25, -0.2) is 9.59 Å². The van der Waals surface area contributed by atoms with Crippen LogP contribution in [0.25, 0.3) is 0 Å². The van der Waals surface area contributed by atoms with Crippen LogP contribution < -0.4 is 0 Å². The lowest BCUT2D eigenvalue weighted by Crippen LogP contribution is -2.05. The molecule has 0 bridgehead atoms. The highest BCUT2D eigenvalue weighted by Crippen LogP contribution is 2.17. The first kappa shape index (κ1) is 16.8. The molecule has 0 spiro atoms. The van der Waals surface area contributed by atoms with E-state index in [-0.39, 0.29) is 11.0 Å². The number of carboxylic acids is 2. The van der Waals surface area contributed by atoms with Crippen LogP contribution in [0.1, 0.15) is 34.6 Å². The number of hydrogen-bond donors (Lipinski definition) is 2. The minimum Gasteiger partial charge on any atom is -0.478 e. The third kappa shape index (κ3) is 12.4. The molecule has 92 valence electrons. The predicted octanol–water partition coefficient (Wildman–Crippen LogP) is 2.71. The molecule has 0 aromatic rings. The monoisotopic (exact) mass is 228 g/mol. The van der Waals surface area contributed by atoms with Gasteiger partial charge in [-0.2, -0.15) is 0 Å². The lowest BCUT2D eigenvalue weighted by Gasteiger charge is -2.11. The van der Waals surface area contributed by atoms with E-state index in [2.05, 4.69) is 6.58 Å². The average Bonchev–Trinajstić information content (AvgIpc) is 2.01. The zero-order valence-corrected chi connectivity index (χ0v) is 10.5. The van der Waals surface area contributed by atoms with Crippen molar-refractivity contribution >= 4 is 11.9 Å². The minimum absolute atomic E-state index is 0.0392. The molecular weight excluding hydrogens is 208 g/mol. The number of rotatable bonds is 2. The summed E-state index contributed by atoms with van der Waals surface area (Å²) >= 11 is 0. The lowest BCUT2D eigenvalue weighted by atomic mass is 9.94. The molecule has 4 heteroatoms. The summed E-state index contributed by atoms with van der Waals surface area (Å²) in [5, 5.41) is 16.4. The van der Waals surface area contributed by atoms with Gasteiger partial charge in [0, 0.05) is 11.1 Å². The molecule has 0 atom stereocenters. The molecule has 0 rings (SSSR count). The molecule has 0 fully saturated rings. The van der Waals surface area contributed by atoms with E-state index in [9.17, 15) is 9.59 Å². The molecule has 0 radical (unpaired) electrons. The summed E-state index contributed by atoms with van der Waals surface area (Å²) in [7, 11) is 0. The van der Waals surface area contributed by atoms with Crippen molar-refractivity contribution in [3.05, 3.63) is 23.8 Å². The van der Waals surface area contributed by atoms with E-state index in [1.54, 1.807) is 13.0 Å². The van der Waals surface area contributed by atoms with Gasteiger partial charge in [0.1, 0.15) is 0 Å². The zero-order chi connectivity index (χ0) is 13.5. The topological polar surface area (TPSA) is 74.6 Å². The van der Waals surface area contributed by atoms with E-state index in [0.717, 1.165) is 0 Å². The fraction of sp³-hybridized carbons (Fsp3) is 0.500. The van der Waals surface area contributed by atoms with E-state index in [0.29, 0.717) is 5.57 Å². The molecule has 0 saturated carbocycles. The first-order valence-electron chi connectivity index (χ1n) is 4.79. The van der Waals surface area contributed by atoms with Crippen LogP contribution >= 0.6 is 0 Å². The predicted molar refractivity (Wildman–Crippen MR) is 63.3 cm³/mol. The van der Waals surface area contributed by atoms with Gasteiger partial charge in [0.05, 0.1) is 0 Å². The summed E-state index contributed by atoms with van der Waals surface area (Å²) in [6.45, 7) is 12.1. The lowest BCUT2D eigenvalue weighted by molar-refractivity contribution is -0.133. The zero-order valence-electron chi connectivity index (χ0n) is 10.5. The van der Waals surface area contributed by atoms with Crippen LogP contribution in [0.15, 0.2) is 23.8 Å². The van der Waals surface area contributed by atoms with Crippen LogP contribution in [0.5, 0.6) is 0 Å². The molecule has 0 saturated heterocycles. The SMILES string of the molecule is C/C(=C\C(C)(C)C)C(=O)O.C=C(C)C(=O)O. The summed E-state index contributed by atoms with van der Waals surface area (Å²) < 4.78 is 0. The largest absolute Gasteiger partial charge is 0.478 e. The molecule has 0 aromatic heterocycles. The van der Waals surface area contributed by atoms with Gasteiger partial charge in [0.2, 0.25) is 0 Å². The molecule has 16 heavy (non-hydrogen) atoms. The molecule has 0 aliphatic rings. The van der Waals surface area contributed by atoms with E-state index in [1.165, 1.54) is 6.92 Å². The van der Waals surface area contributed by atoms with Gasteiger partial charge < -0.3 is 10.2 Å². The Bertz CT molecular complexity index is 293. The van der Waals surface area contributed by atoms with Crippen LogP contribution in [-0.2, 0) is 9.59 Å². The Balaban J connectivity index is 0. The van der Waals surface area contributed by atoms with Crippen molar-refractivity contribution in [2.75, 3.05) is 0 Å². The molecule has 0 unspecified atom stereocenters. The second-order valence-electron chi connectivity index (χ2n) is 4.58. The smallest absolute Gasteiger partial charge is 0.330 e. The quantitative estimate of drug-likeness (QED) is 0.712. The van der Waals surface area contributed by atoms with Crippen molar-refractivity contribution in [2.45, 2.75) is 34.6 Å². The Morgan fingerprint density at radius 1 is 1.06 bits per heavy atom. The normalized spacial score (nSPS) is 11.2. The maximum atomic E-state index is 10.3. The second kappa shape index (κ2) is 6.82. The highest BCUT2D eigenvalue weighted by molar-refractivity contribution is 5.85. The van der Waals surface area contributed by atoms with Crippen LogP contribution in [-0.4, -0.2) is 22.2 Å². The number of allylic oxidation sites excluding steroid dienone is 1. The van der Waals surface area contributed by atoms with E-state index < -0.39 is 11.9 Å². The number of hydrogen-bond acceptors (Lipinski definition) is 2. The first-order chi connectivity index (χ1) is 6.97. The Morgan fingerprint density at radius 3 is 1.44 bits per heavy atom. The van der Waals surface area contributed by atoms with Crippen molar-refractivity contribution in [1.29, 1.82) is 0 Å². The standard InChI is InChI=1S/C8H14O2.C4H6O2/c1-6(7(9)10)5-8(2,3)4;1-3(2)4(5)6/h5H,1-4H3,(H,9,10);1H2,2H3,(H,5,6)/b6-5+;. The molecule has 0 aliphatic carbocycles. The van der Waals surface area contributed by atoms with Crippen molar-refractivity contribution in [3.63, 3.8) is 0 Å². The molecule has 4 nitrogen and oxygen atoms in total. The van der Waals surface area contributed by atoms with Gasteiger partial charge in [0.25, 0.3) is 0 Å². The Morgan fingerprint density at radius 2 is 1.38 bits per heavy atom. The van der Waals surface area contributed by atoms with Gasteiger partial charge >= 0.3 is 11.9 Å². The number of aliphatic carboxylic acids is 2. The van der Waals surface area contributed by atoms with Crippen LogP contribution in [0.4, 0.5) is 0 Å². The summed E-state index contributed by atoms with van der Waals surface area (Å²) in [5.74, 6) is -1.77. The van der Waals surface area contributed by atoms with Crippen LogP contribution in [0.3, 0.4) is 0 Å². The third-order valence-corrected chi connectivity index (χ3v) is 1.35. The van der Waals surface area contributed by atoms with Gasteiger partial charge in [0.15, 0.2) is 0 Å². The summed E-state index contributed by atoms with van der Waals surface area (Å²) in [4.78, 5) is 19.9. The fourth-order valence-electron chi connectivity index (χ4n) is 0.711. The molecule has 0 aliphatic heterocycles. The van der Waals surface area contributed by atoms with Gasteiger partial charge in [-0.1, -0.05) is 33.4 Å². The molecular formula is C12H20O4. The van der Waals surface area contributed by atoms with E-state index in [1.807, 2.05) is 20.8 Å². The van der Waals surface area contributed by atoms with Gasteiger partial charge in [-0.3, -0.25) is 0 Å². The second-order valence-corrected chi connectivity index (χ2v) is 4.58. The number of carboxylic acid groups (broad SMARTS) is 2. The van der Waals surface area contributed by atoms with Crippen molar-refractivity contribution in [1.82, 2.24) is 0 Å². The van der Waals surface area contributed by atoms with Gasteiger partial charge in [-0.05, 0) is 19.3 Å². The highest BCUT2D eigenvalue weighted by Gasteiger charge is 2.09. The number of carbonyl (C=O) groups is 2. The molecule has 0 heterocycles. The van der Waals surface area contributed by atoms with Crippen molar-refractivity contribution < 1.29 is 19.8 Å². The molecule has 0 amide bonds. The first-order valence-corrected chi connectivity index (χ1v) is 4.79. The van der Waals surface area contributed by atoms with E-state index >= 15 is 0 Å². The van der Waals surface area contributed by atoms with E-state index in [4.69, 9.17) is 10.2 Å². The fourth-order valence-corrected chi connectivity index (χ4v) is 0.711. The minimum atomic E-state index is -0.935. The molecule has 0 aromatic carbocycles. The summed E-state index contributed by atoms with van der Waals surface area (Å²) in [5.41, 5.74) is 0.546. The van der Waals surface area contributed by atoms with Crippen molar-refractivity contribution in [2.24, 2.45) is 5.41 Å². The summed E-state index contributed by atoms with van der Waals surface area (Å²) in [6, 6.07) is 0.